The number of nitrogens with one attached hydrogen (secondary N) is 2. The largest absolute Gasteiger partial charge is 0.494 e. The molecule has 0 amide bonds. The second-order valence-electron chi connectivity index (χ2n) is 6.25. The van der Waals surface area contributed by atoms with Crippen LogP contribution in [0.4, 0.5) is 0 Å². The Bertz CT molecular complexity index is 579. The van der Waals surface area contributed by atoms with E-state index < -0.39 is 0 Å². The van der Waals surface area contributed by atoms with E-state index in [-0.39, 0.29) is 0 Å². The average molecular weight is 304 g/mol. The molecule has 0 unspecified atom stereocenters. The number of aromatic amines is 1. The second kappa shape index (κ2) is 8.15. The van der Waals surface area contributed by atoms with Gasteiger partial charge in [0.2, 0.25) is 0 Å². The zero-order valence-corrected chi connectivity index (χ0v) is 14.1. The van der Waals surface area contributed by atoms with Crippen LogP contribution in [0.1, 0.15) is 26.0 Å². The predicted octanol–water partition coefficient (Wildman–Crippen LogP) is 2.64. The van der Waals surface area contributed by atoms with Gasteiger partial charge in [-0.1, -0.05) is 13.8 Å². The van der Waals surface area contributed by atoms with Crippen molar-refractivity contribution < 1.29 is 4.74 Å². The van der Waals surface area contributed by atoms with Crippen LogP contribution < -0.4 is 10.1 Å². The van der Waals surface area contributed by atoms with E-state index in [2.05, 4.69) is 47.4 Å². The van der Waals surface area contributed by atoms with E-state index in [1.165, 1.54) is 0 Å². The van der Waals surface area contributed by atoms with Crippen molar-refractivity contribution >= 4 is 10.9 Å². The topological polar surface area (TPSA) is 53.2 Å². The van der Waals surface area contributed by atoms with Crippen molar-refractivity contribution in [1.82, 2.24) is 20.4 Å². The molecule has 5 heteroatoms. The minimum absolute atomic E-state index is 0.661. The fraction of sp³-hybridized carbons (Fsp3) is 0.588. The van der Waals surface area contributed by atoms with E-state index in [1.807, 2.05) is 19.2 Å². The number of rotatable bonds is 9. The van der Waals surface area contributed by atoms with Crippen LogP contribution in [-0.4, -0.2) is 48.9 Å². The van der Waals surface area contributed by atoms with Gasteiger partial charge in [0.1, 0.15) is 5.75 Å². The number of benzene rings is 1. The summed E-state index contributed by atoms with van der Waals surface area (Å²) >= 11 is 0. The van der Waals surface area contributed by atoms with Crippen molar-refractivity contribution in [3.63, 3.8) is 0 Å². The summed E-state index contributed by atoms with van der Waals surface area (Å²) in [4.78, 5) is 2.26. The lowest BCUT2D eigenvalue weighted by Crippen LogP contribution is -2.27. The number of hydrogen-bond donors (Lipinski definition) is 2. The van der Waals surface area contributed by atoms with Crippen LogP contribution in [0, 0.1) is 5.92 Å². The van der Waals surface area contributed by atoms with E-state index in [0.29, 0.717) is 5.92 Å². The standard InChI is InChI=1S/C17H28N4O/c1-13(2)7-10-22-14-5-6-16-15(11-14)17(20-19-16)12-21(4)9-8-18-3/h5-6,11,13,18H,7-10,12H2,1-4H3,(H,19,20). The third kappa shape index (κ3) is 4.71. The number of fused-ring (bicyclic) bond motifs is 1. The molecule has 2 aromatic rings. The molecule has 122 valence electrons. The van der Waals surface area contributed by atoms with Gasteiger partial charge in [0.25, 0.3) is 0 Å². The van der Waals surface area contributed by atoms with Crippen molar-refractivity contribution in [2.45, 2.75) is 26.8 Å². The highest BCUT2D eigenvalue weighted by molar-refractivity contribution is 5.82. The van der Waals surface area contributed by atoms with Gasteiger partial charge in [-0.2, -0.15) is 5.10 Å². The van der Waals surface area contributed by atoms with E-state index in [0.717, 1.165) is 55.0 Å². The molecule has 0 saturated heterocycles. The van der Waals surface area contributed by atoms with Crippen molar-refractivity contribution in [3.05, 3.63) is 23.9 Å². The highest BCUT2D eigenvalue weighted by Gasteiger charge is 2.09. The molecule has 2 N–H and O–H groups in total. The van der Waals surface area contributed by atoms with E-state index >= 15 is 0 Å². The van der Waals surface area contributed by atoms with Crippen LogP contribution in [0.5, 0.6) is 5.75 Å². The van der Waals surface area contributed by atoms with Gasteiger partial charge in [0.15, 0.2) is 0 Å². The quantitative estimate of drug-likeness (QED) is 0.748. The van der Waals surface area contributed by atoms with E-state index in [4.69, 9.17) is 4.74 Å². The van der Waals surface area contributed by atoms with Crippen molar-refractivity contribution in [2.24, 2.45) is 5.92 Å². The lowest BCUT2D eigenvalue weighted by atomic mass is 10.1. The van der Waals surface area contributed by atoms with Gasteiger partial charge >= 0.3 is 0 Å². The first kappa shape index (κ1) is 16.8. The summed E-state index contributed by atoms with van der Waals surface area (Å²) in [6.07, 6.45) is 1.07. The molecule has 0 aliphatic carbocycles. The van der Waals surface area contributed by atoms with Crippen molar-refractivity contribution in [3.8, 4) is 5.75 Å². The number of hydrogen-bond acceptors (Lipinski definition) is 4. The minimum atomic E-state index is 0.661. The predicted molar refractivity (Wildman–Crippen MR) is 91.3 cm³/mol. The molecule has 0 fully saturated rings. The molecule has 1 heterocycles. The minimum Gasteiger partial charge on any atom is -0.494 e. The smallest absolute Gasteiger partial charge is 0.120 e. The maximum Gasteiger partial charge on any atom is 0.120 e. The number of aromatic nitrogens is 2. The molecule has 0 radical (unpaired) electrons. The maximum absolute atomic E-state index is 5.85. The van der Waals surface area contributed by atoms with Crippen LogP contribution in [-0.2, 0) is 6.54 Å². The Morgan fingerprint density at radius 2 is 2.18 bits per heavy atom. The SMILES string of the molecule is CNCCN(C)Cc1n[nH]c2ccc(OCCC(C)C)cc12. The molecule has 5 nitrogen and oxygen atoms in total. The Balaban J connectivity index is 2.04. The van der Waals surface area contributed by atoms with Gasteiger partial charge in [0, 0.05) is 25.0 Å². The highest BCUT2D eigenvalue weighted by Crippen LogP contribution is 2.23. The maximum atomic E-state index is 5.85. The third-order valence-corrected chi connectivity index (χ3v) is 3.74. The van der Waals surface area contributed by atoms with Crippen LogP contribution in [0.25, 0.3) is 10.9 Å². The molecule has 2 rings (SSSR count). The van der Waals surface area contributed by atoms with Crippen LogP contribution in [0.3, 0.4) is 0 Å². The molecule has 0 bridgehead atoms. The van der Waals surface area contributed by atoms with Gasteiger partial charge in [0.05, 0.1) is 17.8 Å². The van der Waals surface area contributed by atoms with Crippen molar-refractivity contribution in [1.29, 1.82) is 0 Å². The summed E-state index contributed by atoms with van der Waals surface area (Å²) in [6.45, 7) is 7.98. The van der Waals surface area contributed by atoms with Gasteiger partial charge in [-0.3, -0.25) is 10.00 Å². The Morgan fingerprint density at radius 1 is 1.36 bits per heavy atom. The summed E-state index contributed by atoms with van der Waals surface area (Å²) in [5.74, 6) is 1.59. The van der Waals surface area contributed by atoms with Gasteiger partial charge in [-0.05, 0) is 44.6 Å². The highest BCUT2D eigenvalue weighted by atomic mass is 16.5. The lowest BCUT2D eigenvalue weighted by molar-refractivity contribution is 0.290. The Hall–Kier alpha value is -1.59. The molecule has 1 aromatic heterocycles. The molecule has 0 aliphatic rings. The normalized spacial score (nSPS) is 11.7. The number of likely N-dealkylation sites (N-methyl/N-ethyl adjacent to an activating group) is 2. The second-order valence-corrected chi connectivity index (χ2v) is 6.25. The first-order valence-electron chi connectivity index (χ1n) is 8.03. The summed E-state index contributed by atoms with van der Waals surface area (Å²) in [5, 5.41) is 11.9. The monoisotopic (exact) mass is 304 g/mol. The Morgan fingerprint density at radius 3 is 2.91 bits per heavy atom. The van der Waals surface area contributed by atoms with Crippen LogP contribution in [0.15, 0.2) is 18.2 Å². The van der Waals surface area contributed by atoms with Crippen LogP contribution >= 0.6 is 0 Å². The first-order valence-corrected chi connectivity index (χ1v) is 8.03. The molecular formula is C17H28N4O. The zero-order chi connectivity index (χ0) is 15.9. The Kier molecular flexibility index (Phi) is 6.21. The van der Waals surface area contributed by atoms with Gasteiger partial charge in [-0.15, -0.1) is 0 Å². The molecule has 0 spiro atoms. The number of nitrogens with zero attached hydrogens (tertiary/aromatic N) is 2. The summed E-state index contributed by atoms with van der Waals surface area (Å²) in [5.41, 5.74) is 2.14. The number of ether oxygens (including phenoxy) is 1. The van der Waals surface area contributed by atoms with Gasteiger partial charge in [-0.25, -0.2) is 0 Å². The average Bonchev–Trinajstić information content (AvgIpc) is 2.87. The molecule has 1 aromatic carbocycles. The molecule has 0 atom stereocenters. The van der Waals surface area contributed by atoms with Gasteiger partial charge < -0.3 is 10.1 Å². The van der Waals surface area contributed by atoms with E-state index in [1.54, 1.807) is 0 Å². The fourth-order valence-corrected chi connectivity index (χ4v) is 2.31. The zero-order valence-electron chi connectivity index (χ0n) is 14.1. The molecule has 22 heavy (non-hydrogen) atoms. The molecule has 0 saturated carbocycles. The summed E-state index contributed by atoms with van der Waals surface area (Å²) in [6, 6.07) is 6.15. The molecular weight excluding hydrogens is 276 g/mol. The van der Waals surface area contributed by atoms with E-state index in [9.17, 15) is 0 Å². The molecule has 0 aliphatic heterocycles. The fourth-order valence-electron chi connectivity index (χ4n) is 2.31. The summed E-state index contributed by atoms with van der Waals surface area (Å²) in [7, 11) is 4.08. The van der Waals surface area contributed by atoms with Crippen LogP contribution in [0.2, 0.25) is 0 Å². The Labute approximate surface area is 133 Å². The summed E-state index contributed by atoms with van der Waals surface area (Å²) < 4.78 is 5.85. The third-order valence-electron chi connectivity index (χ3n) is 3.74. The number of H-pyrrole nitrogens is 1. The van der Waals surface area contributed by atoms with Crippen molar-refractivity contribution in [2.75, 3.05) is 33.8 Å². The first-order chi connectivity index (χ1) is 10.6. The lowest BCUT2D eigenvalue weighted by Gasteiger charge is -2.15.